The van der Waals surface area contributed by atoms with E-state index in [1.54, 1.807) is 0 Å². The Morgan fingerprint density at radius 3 is 2.65 bits per heavy atom. The van der Waals surface area contributed by atoms with Gasteiger partial charge in [-0.1, -0.05) is 12.1 Å². The molecule has 0 saturated heterocycles. The summed E-state index contributed by atoms with van der Waals surface area (Å²) in [6.07, 6.45) is 1.95. The molecule has 0 heterocycles. The van der Waals surface area contributed by atoms with Gasteiger partial charge in [0.1, 0.15) is 0 Å². The van der Waals surface area contributed by atoms with Gasteiger partial charge in [-0.3, -0.25) is 0 Å². The fraction of sp³-hybridized carbons (Fsp3) is 0.462. The van der Waals surface area contributed by atoms with Crippen LogP contribution in [0.4, 0.5) is 10.5 Å². The van der Waals surface area contributed by atoms with Crippen molar-refractivity contribution in [2.45, 2.75) is 38.3 Å². The van der Waals surface area contributed by atoms with Gasteiger partial charge in [0.25, 0.3) is 0 Å². The highest BCUT2D eigenvalue weighted by molar-refractivity contribution is 5.76. The molecule has 2 amide bonds. The first-order chi connectivity index (χ1) is 8.02. The minimum atomic E-state index is -0.200. The van der Waals surface area contributed by atoms with Crippen molar-refractivity contribution in [1.82, 2.24) is 10.6 Å². The number of carbonyl (C=O) groups is 1. The molecule has 92 valence electrons. The van der Waals surface area contributed by atoms with Gasteiger partial charge in [0.05, 0.1) is 5.54 Å². The van der Waals surface area contributed by atoms with Crippen molar-refractivity contribution < 1.29 is 4.79 Å². The molecule has 0 radical (unpaired) electrons. The van der Waals surface area contributed by atoms with E-state index < -0.39 is 0 Å². The molecule has 0 aromatic heterocycles. The van der Waals surface area contributed by atoms with E-state index in [9.17, 15) is 4.79 Å². The summed E-state index contributed by atoms with van der Waals surface area (Å²) in [6.45, 7) is 3.89. The van der Waals surface area contributed by atoms with Crippen molar-refractivity contribution in [2.75, 3.05) is 5.73 Å². The molecule has 1 fully saturated rings. The normalized spacial score (nSPS) is 16.6. The fourth-order valence-electron chi connectivity index (χ4n) is 1.96. The quantitative estimate of drug-likeness (QED) is 0.699. The Balaban J connectivity index is 2.07. The second-order valence-electron chi connectivity index (χ2n) is 4.96. The first kappa shape index (κ1) is 11.8. The van der Waals surface area contributed by atoms with Gasteiger partial charge in [-0.2, -0.15) is 0 Å². The SMILES string of the molecule is CC(C)NC(=O)NC1(c2cccc(N)c2)CC1. The van der Waals surface area contributed by atoms with E-state index in [2.05, 4.69) is 10.6 Å². The zero-order valence-electron chi connectivity index (χ0n) is 10.3. The van der Waals surface area contributed by atoms with Crippen LogP contribution in [0.25, 0.3) is 0 Å². The zero-order valence-corrected chi connectivity index (χ0v) is 10.3. The molecular weight excluding hydrogens is 214 g/mol. The number of carbonyl (C=O) groups excluding carboxylic acids is 1. The zero-order chi connectivity index (χ0) is 12.5. The number of hydrogen-bond donors (Lipinski definition) is 3. The van der Waals surface area contributed by atoms with Gasteiger partial charge < -0.3 is 16.4 Å². The highest BCUT2D eigenvalue weighted by Gasteiger charge is 2.45. The van der Waals surface area contributed by atoms with Gasteiger partial charge in [-0.15, -0.1) is 0 Å². The Labute approximate surface area is 102 Å². The lowest BCUT2D eigenvalue weighted by atomic mass is 10.0. The van der Waals surface area contributed by atoms with Crippen LogP contribution in [0.2, 0.25) is 0 Å². The average molecular weight is 233 g/mol. The standard InChI is InChI=1S/C13H19N3O/c1-9(2)15-12(17)16-13(6-7-13)10-4-3-5-11(14)8-10/h3-5,8-9H,6-7,14H2,1-2H3,(H2,15,16,17). The first-order valence-electron chi connectivity index (χ1n) is 5.96. The number of benzene rings is 1. The number of hydrogen-bond acceptors (Lipinski definition) is 2. The van der Waals surface area contributed by atoms with Crippen LogP contribution in [0.1, 0.15) is 32.3 Å². The molecule has 4 nitrogen and oxygen atoms in total. The second-order valence-corrected chi connectivity index (χ2v) is 4.96. The third kappa shape index (κ3) is 2.70. The molecule has 1 aliphatic carbocycles. The molecule has 4 heteroatoms. The third-order valence-electron chi connectivity index (χ3n) is 2.96. The van der Waals surface area contributed by atoms with Gasteiger partial charge >= 0.3 is 6.03 Å². The van der Waals surface area contributed by atoms with Gasteiger partial charge in [-0.25, -0.2) is 4.79 Å². The summed E-state index contributed by atoms with van der Waals surface area (Å²) in [6, 6.07) is 7.76. The van der Waals surface area contributed by atoms with Crippen LogP contribution in [-0.2, 0) is 5.54 Å². The molecule has 2 rings (SSSR count). The van der Waals surface area contributed by atoms with Crippen molar-refractivity contribution in [3.8, 4) is 0 Å². The van der Waals surface area contributed by atoms with Crippen molar-refractivity contribution >= 4 is 11.7 Å². The van der Waals surface area contributed by atoms with E-state index in [1.807, 2.05) is 38.1 Å². The Hall–Kier alpha value is -1.71. The highest BCUT2D eigenvalue weighted by Crippen LogP contribution is 2.45. The number of nitrogen functional groups attached to an aromatic ring is 1. The molecule has 0 aliphatic heterocycles. The van der Waals surface area contributed by atoms with Crippen molar-refractivity contribution in [3.63, 3.8) is 0 Å². The number of nitrogens with two attached hydrogens (primary N) is 1. The predicted octanol–water partition coefficient (Wildman–Crippen LogP) is 1.97. The Kier molecular flexibility index (Phi) is 2.96. The monoisotopic (exact) mass is 233 g/mol. The lowest BCUT2D eigenvalue weighted by molar-refractivity contribution is 0.233. The number of urea groups is 1. The number of amides is 2. The molecule has 0 unspecified atom stereocenters. The molecular formula is C13H19N3O. The Morgan fingerprint density at radius 2 is 2.12 bits per heavy atom. The summed E-state index contributed by atoms with van der Waals surface area (Å²) in [4.78, 5) is 11.7. The highest BCUT2D eigenvalue weighted by atomic mass is 16.2. The maximum Gasteiger partial charge on any atom is 0.315 e. The number of anilines is 1. The van der Waals surface area contributed by atoms with E-state index in [1.165, 1.54) is 0 Å². The molecule has 0 spiro atoms. The third-order valence-corrected chi connectivity index (χ3v) is 2.96. The fourth-order valence-corrected chi connectivity index (χ4v) is 1.96. The Morgan fingerprint density at radius 1 is 1.41 bits per heavy atom. The largest absolute Gasteiger partial charge is 0.399 e. The molecule has 0 bridgehead atoms. The summed E-state index contributed by atoms with van der Waals surface area (Å²) in [5.74, 6) is 0. The number of rotatable bonds is 3. The maximum absolute atomic E-state index is 11.7. The minimum absolute atomic E-state index is 0.111. The van der Waals surface area contributed by atoms with Crippen LogP contribution in [0.5, 0.6) is 0 Å². The summed E-state index contributed by atoms with van der Waals surface area (Å²) < 4.78 is 0. The van der Waals surface area contributed by atoms with Crippen molar-refractivity contribution in [3.05, 3.63) is 29.8 Å². The molecule has 1 aromatic carbocycles. The maximum atomic E-state index is 11.7. The van der Waals surface area contributed by atoms with Crippen LogP contribution in [0.3, 0.4) is 0 Å². The van der Waals surface area contributed by atoms with E-state index in [4.69, 9.17) is 5.73 Å². The summed E-state index contributed by atoms with van der Waals surface area (Å²) in [7, 11) is 0. The van der Waals surface area contributed by atoms with Crippen LogP contribution in [-0.4, -0.2) is 12.1 Å². The predicted molar refractivity (Wildman–Crippen MR) is 68.6 cm³/mol. The smallest absolute Gasteiger partial charge is 0.315 e. The summed E-state index contributed by atoms with van der Waals surface area (Å²) in [5.41, 5.74) is 7.40. The van der Waals surface area contributed by atoms with Crippen molar-refractivity contribution in [1.29, 1.82) is 0 Å². The first-order valence-corrected chi connectivity index (χ1v) is 5.96. The molecule has 1 aliphatic rings. The van der Waals surface area contributed by atoms with Gasteiger partial charge in [0.15, 0.2) is 0 Å². The molecule has 0 atom stereocenters. The van der Waals surface area contributed by atoms with Gasteiger partial charge in [0.2, 0.25) is 0 Å². The van der Waals surface area contributed by atoms with Crippen LogP contribution < -0.4 is 16.4 Å². The van der Waals surface area contributed by atoms with Gasteiger partial charge in [-0.05, 0) is 44.4 Å². The second kappa shape index (κ2) is 4.28. The molecule has 17 heavy (non-hydrogen) atoms. The molecule has 4 N–H and O–H groups in total. The molecule has 1 saturated carbocycles. The van der Waals surface area contributed by atoms with Crippen LogP contribution in [0.15, 0.2) is 24.3 Å². The van der Waals surface area contributed by atoms with Crippen LogP contribution in [0, 0.1) is 0 Å². The lowest BCUT2D eigenvalue weighted by Crippen LogP contribution is -2.44. The van der Waals surface area contributed by atoms with Crippen LogP contribution >= 0.6 is 0 Å². The minimum Gasteiger partial charge on any atom is -0.399 e. The Bertz CT molecular complexity index is 424. The van der Waals surface area contributed by atoms with Gasteiger partial charge in [0, 0.05) is 11.7 Å². The van der Waals surface area contributed by atoms with E-state index in [-0.39, 0.29) is 17.6 Å². The number of nitrogens with one attached hydrogen (secondary N) is 2. The van der Waals surface area contributed by atoms with E-state index in [0.717, 1.165) is 24.1 Å². The van der Waals surface area contributed by atoms with E-state index in [0.29, 0.717) is 0 Å². The summed E-state index contributed by atoms with van der Waals surface area (Å²) in [5, 5.41) is 5.88. The average Bonchev–Trinajstić information content (AvgIpc) is 2.97. The molecule has 1 aromatic rings. The van der Waals surface area contributed by atoms with Crippen molar-refractivity contribution in [2.24, 2.45) is 0 Å². The summed E-state index contributed by atoms with van der Waals surface area (Å²) >= 11 is 0. The lowest BCUT2D eigenvalue weighted by Gasteiger charge is -2.20. The van der Waals surface area contributed by atoms with E-state index >= 15 is 0 Å². The topological polar surface area (TPSA) is 67.2 Å².